The van der Waals surface area contributed by atoms with Crippen LogP contribution in [0.5, 0.6) is 0 Å². The molecule has 0 unspecified atom stereocenters. The molecule has 5 rings (SSSR count). The average Bonchev–Trinajstić information content (AvgIpc) is 2.91. The minimum Gasteiger partial charge on any atom is -0.356 e. The molecule has 5 fully saturated rings. The summed E-state index contributed by atoms with van der Waals surface area (Å²) >= 11 is 0. The fourth-order valence-corrected chi connectivity index (χ4v) is 7.69. The number of nitrogens with one attached hydrogen (secondary N) is 1. The highest BCUT2D eigenvalue weighted by atomic mass is 16.2. The minimum absolute atomic E-state index is 0.0210. The van der Waals surface area contributed by atoms with Gasteiger partial charge < -0.3 is 24.9 Å². The molecular formula is C28H47N5O3. The highest BCUT2D eigenvalue weighted by molar-refractivity contribution is 5.80. The zero-order valence-electron chi connectivity index (χ0n) is 22.3. The maximum atomic E-state index is 13.4. The summed E-state index contributed by atoms with van der Waals surface area (Å²) in [6.45, 7) is 5.49. The van der Waals surface area contributed by atoms with Gasteiger partial charge in [-0.2, -0.15) is 0 Å². The smallest absolute Gasteiger partial charge is 0.320 e. The van der Waals surface area contributed by atoms with E-state index in [0.717, 1.165) is 77.3 Å². The minimum atomic E-state index is 0.0210. The zero-order valence-corrected chi connectivity index (χ0v) is 22.3. The molecule has 0 aromatic heterocycles. The second-order valence-corrected chi connectivity index (χ2v) is 12.2. The van der Waals surface area contributed by atoms with Crippen molar-refractivity contribution in [2.75, 3.05) is 52.9 Å². The van der Waals surface area contributed by atoms with Crippen LogP contribution >= 0.6 is 0 Å². The third kappa shape index (κ3) is 5.84. The summed E-state index contributed by atoms with van der Waals surface area (Å²) in [6.07, 6.45) is 13.1. The topological polar surface area (TPSA) is 76.2 Å². The number of hydrogen-bond donors (Lipinski definition) is 1. The Morgan fingerprint density at radius 2 is 1.72 bits per heavy atom. The van der Waals surface area contributed by atoms with Crippen molar-refractivity contribution in [3.05, 3.63) is 0 Å². The number of rotatable bonds is 6. The first-order valence-corrected chi connectivity index (χ1v) is 14.8. The van der Waals surface area contributed by atoms with Crippen LogP contribution in [0.2, 0.25) is 0 Å². The Hall–Kier alpha value is -1.83. The lowest BCUT2D eigenvalue weighted by atomic mass is 9.76. The van der Waals surface area contributed by atoms with E-state index in [4.69, 9.17) is 0 Å². The van der Waals surface area contributed by atoms with Gasteiger partial charge in [0.2, 0.25) is 11.8 Å². The molecule has 0 aromatic carbocycles. The molecule has 1 N–H and O–H groups in total. The van der Waals surface area contributed by atoms with E-state index in [0.29, 0.717) is 43.3 Å². The molecule has 0 aromatic rings. The second kappa shape index (κ2) is 11.7. The van der Waals surface area contributed by atoms with E-state index in [9.17, 15) is 14.4 Å². The third-order valence-corrected chi connectivity index (χ3v) is 9.77. The Bertz CT molecular complexity index is 792. The number of hydrogen-bond acceptors (Lipinski definition) is 4. The SMILES string of the molecule is CN(CCCNC(=O)C1CCN(C(=O)N2C[C@@H]3C[C@H](C2)[C@H]2CCCC(=O)N2C3)CC1)C1CCCCC1. The molecule has 8 heteroatoms. The van der Waals surface area contributed by atoms with E-state index >= 15 is 0 Å². The molecule has 0 spiro atoms. The Morgan fingerprint density at radius 3 is 2.50 bits per heavy atom. The molecule has 4 aliphatic heterocycles. The van der Waals surface area contributed by atoms with Crippen molar-refractivity contribution >= 4 is 17.8 Å². The van der Waals surface area contributed by atoms with Gasteiger partial charge in [-0.25, -0.2) is 4.79 Å². The van der Waals surface area contributed by atoms with Crippen LogP contribution in [-0.2, 0) is 9.59 Å². The number of piperidine rings is 4. The van der Waals surface area contributed by atoms with Gasteiger partial charge in [0, 0.05) is 63.7 Å². The van der Waals surface area contributed by atoms with Gasteiger partial charge in [-0.1, -0.05) is 19.3 Å². The van der Waals surface area contributed by atoms with E-state index in [1.165, 1.54) is 32.1 Å². The van der Waals surface area contributed by atoms with Gasteiger partial charge in [0.1, 0.15) is 0 Å². The first kappa shape index (κ1) is 25.8. The number of fused-ring (bicyclic) bond motifs is 4. The Labute approximate surface area is 217 Å². The largest absolute Gasteiger partial charge is 0.356 e. The van der Waals surface area contributed by atoms with Crippen LogP contribution in [-0.4, -0.2) is 102 Å². The van der Waals surface area contributed by atoms with Crippen LogP contribution in [0, 0.1) is 17.8 Å². The van der Waals surface area contributed by atoms with Gasteiger partial charge in [0.25, 0.3) is 0 Å². The van der Waals surface area contributed by atoms with Gasteiger partial charge in [-0.15, -0.1) is 0 Å². The van der Waals surface area contributed by atoms with Crippen molar-refractivity contribution in [2.45, 2.75) is 89.1 Å². The van der Waals surface area contributed by atoms with Crippen LogP contribution in [0.1, 0.15) is 77.0 Å². The van der Waals surface area contributed by atoms with Crippen LogP contribution in [0.25, 0.3) is 0 Å². The number of carbonyl (C=O) groups is 3. The lowest BCUT2D eigenvalue weighted by molar-refractivity contribution is -0.144. The Balaban J connectivity index is 1.02. The molecular weight excluding hydrogens is 454 g/mol. The van der Waals surface area contributed by atoms with Crippen molar-refractivity contribution in [3.63, 3.8) is 0 Å². The molecule has 1 saturated carbocycles. The molecule has 36 heavy (non-hydrogen) atoms. The van der Waals surface area contributed by atoms with Gasteiger partial charge in [-0.05, 0) is 76.8 Å². The van der Waals surface area contributed by atoms with Crippen molar-refractivity contribution in [2.24, 2.45) is 17.8 Å². The summed E-state index contributed by atoms with van der Waals surface area (Å²) in [7, 11) is 2.23. The van der Waals surface area contributed by atoms with E-state index in [2.05, 4.69) is 27.1 Å². The lowest BCUT2D eigenvalue weighted by Gasteiger charge is -2.53. The maximum absolute atomic E-state index is 13.4. The summed E-state index contributed by atoms with van der Waals surface area (Å²) in [6, 6.07) is 1.19. The summed E-state index contributed by atoms with van der Waals surface area (Å²) in [5.41, 5.74) is 0. The molecule has 202 valence electrons. The van der Waals surface area contributed by atoms with Crippen molar-refractivity contribution in [1.29, 1.82) is 0 Å². The molecule has 5 aliphatic rings. The predicted octanol–water partition coefficient (Wildman–Crippen LogP) is 2.92. The van der Waals surface area contributed by atoms with Gasteiger partial charge in [0.15, 0.2) is 0 Å². The number of amides is 4. The summed E-state index contributed by atoms with van der Waals surface area (Å²) in [5, 5.41) is 3.16. The maximum Gasteiger partial charge on any atom is 0.320 e. The monoisotopic (exact) mass is 501 g/mol. The van der Waals surface area contributed by atoms with Crippen LogP contribution in [0.15, 0.2) is 0 Å². The summed E-state index contributed by atoms with van der Waals surface area (Å²) in [5.74, 6) is 1.33. The molecule has 8 nitrogen and oxygen atoms in total. The fraction of sp³-hybridized carbons (Fsp3) is 0.893. The van der Waals surface area contributed by atoms with E-state index in [1.54, 1.807) is 0 Å². The van der Waals surface area contributed by atoms with Crippen LogP contribution in [0.3, 0.4) is 0 Å². The van der Waals surface area contributed by atoms with E-state index in [-0.39, 0.29) is 17.9 Å². The molecule has 4 heterocycles. The molecule has 1 aliphatic carbocycles. The van der Waals surface area contributed by atoms with Gasteiger partial charge >= 0.3 is 6.03 Å². The number of likely N-dealkylation sites (tertiary alicyclic amines) is 2. The van der Waals surface area contributed by atoms with E-state index in [1.807, 2.05) is 4.90 Å². The Morgan fingerprint density at radius 1 is 0.944 bits per heavy atom. The first-order chi connectivity index (χ1) is 17.5. The van der Waals surface area contributed by atoms with Gasteiger partial charge in [-0.3, -0.25) is 9.59 Å². The first-order valence-electron chi connectivity index (χ1n) is 14.8. The summed E-state index contributed by atoms with van der Waals surface area (Å²) in [4.78, 5) is 47.1. The quantitative estimate of drug-likeness (QED) is 0.568. The lowest BCUT2D eigenvalue weighted by Crippen LogP contribution is -2.62. The Kier molecular flexibility index (Phi) is 8.39. The third-order valence-electron chi connectivity index (χ3n) is 9.77. The molecule has 4 amide bonds. The molecule has 0 radical (unpaired) electrons. The van der Waals surface area contributed by atoms with Crippen molar-refractivity contribution in [3.8, 4) is 0 Å². The standard InChI is InChI=1S/C28H47N5O3/c1-30(24-7-3-2-4-8-24)14-6-13-29-27(35)22-11-15-31(16-12-22)28(36)32-18-21-17-23(20-32)25-9-5-10-26(34)33(25)19-21/h21-25H,2-20H2,1H3,(H,29,35)/t21-,23+,25+/m0/s1. The molecule has 3 atom stereocenters. The summed E-state index contributed by atoms with van der Waals surface area (Å²) < 4.78 is 0. The highest BCUT2D eigenvalue weighted by Crippen LogP contribution is 2.38. The van der Waals surface area contributed by atoms with Crippen molar-refractivity contribution in [1.82, 2.24) is 24.9 Å². The van der Waals surface area contributed by atoms with Crippen LogP contribution < -0.4 is 5.32 Å². The van der Waals surface area contributed by atoms with E-state index < -0.39 is 0 Å². The molecule has 2 bridgehead atoms. The zero-order chi connectivity index (χ0) is 25.1. The predicted molar refractivity (Wildman–Crippen MR) is 139 cm³/mol. The van der Waals surface area contributed by atoms with Crippen LogP contribution in [0.4, 0.5) is 4.79 Å². The highest BCUT2D eigenvalue weighted by Gasteiger charge is 2.45. The fourth-order valence-electron chi connectivity index (χ4n) is 7.69. The number of urea groups is 1. The number of nitrogens with zero attached hydrogens (tertiary/aromatic N) is 4. The molecule has 4 saturated heterocycles. The second-order valence-electron chi connectivity index (χ2n) is 12.2. The number of carbonyl (C=O) groups excluding carboxylic acids is 3. The van der Waals surface area contributed by atoms with Gasteiger partial charge in [0.05, 0.1) is 0 Å². The average molecular weight is 502 g/mol. The van der Waals surface area contributed by atoms with Crippen molar-refractivity contribution < 1.29 is 14.4 Å². The normalized spacial score (nSPS) is 29.9.